The SMILES string of the molecule is COc1cc(NC(=O)N2CCNC2=O)ccc1N1CCCC1=O. The minimum atomic E-state index is -0.493. The maximum Gasteiger partial charge on any atom is 0.330 e. The van der Waals surface area contributed by atoms with E-state index < -0.39 is 12.1 Å². The van der Waals surface area contributed by atoms with Gasteiger partial charge in [-0.2, -0.15) is 0 Å². The van der Waals surface area contributed by atoms with Crippen LogP contribution in [0, 0.1) is 0 Å². The molecule has 0 radical (unpaired) electrons. The van der Waals surface area contributed by atoms with Crippen LogP contribution >= 0.6 is 0 Å². The molecule has 0 saturated carbocycles. The summed E-state index contributed by atoms with van der Waals surface area (Å²) in [4.78, 5) is 38.2. The lowest BCUT2D eigenvalue weighted by atomic mass is 10.2. The molecular formula is C15H18N4O4. The van der Waals surface area contributed by atoms with Gasteiger partial charge in [0.2, 0.25) is 5.91 Å². The molecule has 2 heterocycles. The van der Waals surface area contributed by atoms with Crippen LogP contribution in [0.1, 0.15) is 12.8 Å². The number of methoxy groups -OCH3 is 1. The number of nitrogens with one attached hydrogen (secondary N) is 2. The summed E-state index contributed by atoms with van der Waals surface area (Å²) in [7, 11) is 1.51. The van der Waals surface area contributed by atoms with Gasteiger partial charge >= 0.3 is 12.1 Å². The summed E-state index contributed by atoms with van der Waals surface area (Å²) in [6.45, 7) is 1.45. The Hall–Kier alpha value is -2.77. The van der Waals surface area contributed by atoms with Crippen LogP contribution in [0.3, 0.4) is 0 Å². The third-order valence-corrected chi connectivity index (χ3v) is 3.90. The zero-order valence-corrected chi connectivity index (χ0v) is 12.8. The predicted octanol–water partition coefficient (Wildman–Crippen LogP) is 1.38. The summed E-state index contributed by atoms with van der Waals surface area (Å²) in [5.74, 6) is 0.567. The lowest BCUT2D eigenvalue weighted by molar-refractivity contribution is -0.117. The van der Waals surface area contributed by atoms with E-state index in [4.69, 9.17) is 4.74 Å². The Bertz CT molecular complexity index is 661. The molecule has 2 N–H and O–H groups in total. The molecule has 23 heavy (non-hydrogen) atoms. The third-order valence-electron chi connectivity index (χ3n) is 3.90. The van der Waals surface area contributed by atoms with Crippen molar-refractivity contribution in [3.8, 4) is 5.75 Å². The molecule has 1 aromatic carbocycles. The van der Waals surface area contributed by atoms with Crippen LogP contribution in [-0.2, 0) is 4.79 Å². The van der Waals surface area contributed by atoms with Crippen molar-refractivity contribution in [2.45, 2.75) is 12.8 Å². The Morgan fingerprint density at radius 2 is 2.13 bits per heavy atom. The molecule has 122 valence electrons. The highest BCUT2D eigenvalue weighted by molar-refractivity contribution is 6.02. The largest absolute Gasteiger partial charge is 0.494 e. The zero-order chi connectivity index (χ0) is 16.4. The Labute approximate surface area is 133 Å². The summed E-state index contributed by atoms with van der Waals surface area (Å²) in [6.07, 6.45) is 1.36. The van der Waals surface area contributed by atoms with Gasteiger partial charge in [-0.1, -0.05) is 0 Å². The van der Waals surface area contributed by atoms with Crippen molar-refractivity contribution in [1.82, 2.24) is 10.2 Å². The zero-order valence-electron chi connectivity index (χ0n) is 12.8. The average Bonchev–Trinajstić information content (AvgIpc) is 3.15. The van der Waals surface area contributed by atoms with Gasteiger partial charge in [-0.3, -0.25) is 4.79 Å². The van der Waals surface area contributed by atoms with Crippen molar-refractivity contribution in [1.29, 1.82) is 0 Å². The second-order valence-corrected chi connectivity index (χ2v) is 5.35. The Morgan fingerprint density at radius 3 is 2.74 bits per heavy atom. The molecular weight excluding hydrogens is 300 g/mol. The maximum atomic E-state index is 12.1. The van der Waals surface area contributed by atoms with Crippen LogP contribution in [0.25, 0.3) is 0 Å². The average molecular weight is 318 g/mol. The first-order valence-corrected chi connectivity index (χ1v) is 7.45. The lowest BCUT2D eigenvalue weighted by Gasteiger charge is -2.20. The quantitative estimate of drug-likeness (QED) is 0.881. The summed E-state index contributed by atoms with van der Waals surface area (Å²) >= 11 is 0. The van der Waals surface area contributed by atoms with Crippen molar-refractivity contribution in [2.24, 2.45) is 0 Å². The molecule has 0 aliphatic carbocycles. The van der Waals surface area contributed by atoms with E-state index in [1.807, 2.05) is 0 Å². The summed E-state index contributed by atoms with van der Waals surface area (Å²) in [6, 6.07) is 4.17. The molecule has 0 unspecified atom stereocenters. The van der Waals surface area contributed by atoms with E-state index in [0.29, 0.717) is 43.2 Å². The molecule has 2 saturated heterocycles. The van der Waals surface area contributed by atoms with E-state index >= 15 is 0 Å². The standard InChI is InChI=1S/C15H18N4O4/c1-23-12-9-10(17-15(22)19-8-6-16-14(19)21)4-5-11(12)18-7-2-3-13(18)20/h4-5,9H,2-3,6-8H2,1H3,(H,16,21)(H,17,22). The number of urea groups is 2. The topological polar surface area (TPSA) is 91.0 Å². The number of carbonyl (C=O) groups is 3. The number of benzene rings is 1. The molecule has 8 heteroatoms. The molecule has 2 aliphatic heterocycles. The first kappa shape index (κ1) is 15.1. The molecule has 8 nitrogen and oxygen atoms in total. The van der Waals surface area contributed by atoms with Gasteiger partial charge in [-0.05, 0) is 18.6 Å². The van der Waals surface area contributed by atoms with Crippen LogP contribution < -0.4 is 20.3 Å². The number of carbonyl (C=O) groups excluding carboxylic acids is 3. The van der Waals surface area contributed by atoms with Gasteiger partial charge in [0.1, 0.15) is 5.75 Å². The molecule has 2 aliphatic rings. The van der Waals surface area contributed by atoms with E-state index in [1.54, 1.807) is 23.1 Å². The van der Waals surface area contributed by atoms with Crippen molar-refractivity contribution in [3.05, 3.63) is 18.2 Å². The van der Waals surface area contributed by atoms with Crippen molar-refractivity contribution < 1.29 is 19.1 Å². The van der Waals surface area contributed by atoms with Crippen LogP contribution in [0.15, 0.2) is 18.2 Å². The second-order valence-electron chi connectivity index (χ2n) is 5.35. The minimum absolute atomic E-state index is 0.0637. The number of hydrogen-bond acceptors (Lipinski definition) is 4. The fourth-order valence-corrected chi connectivity index (χ4v) is 2.74. The minimum Gasteiger partial charge on any atom is -0.494 e. The van der Waals surface area contributed by atoms with Gasteiger partial charge in [0.15, 0.2) is 0 Å². The Balaban J connectivity index is 1.77. The van der Waals surface area contributed by atoms with Crippen LogP contribution in [-0.4, -0.2) is 49.6 Å². The molecule has 0 bridgehead atoms. The van der Waals surface area contributed by atoms with E-state index in [2.05, 4.69) is 10.6 Å². The van der Waals surface area contributed by atoms with Crippen LogP contribution in [0.5, 0.6) is 5.75 Å². The van der Waals surface area contributed by atoms with E-state index in [1.165, 1.54) is 7.11 Å². The second kappa shape index (κ2) is 6.15. The maximum absolute atomic E-state index is 12.1. The molecule has 0 atom stereocenters. The normalized spacial score (nSPS) is 17.4. The van der Waals surface area contributed by atoms with Gasteiger partial charge in [0.05, 0.1) is 12.8 Å². The van der Waals surface area contributed by atoms with Crippen LogP contribution in [0.2, 0.25) is 0 Å². The molecule has 1 aromatic rings. The van der Waals surface area contributed by atoms with Gasteiger partial charge in [0.25, 0.3) is 0 Å². The molecule has 0 spiro atoms. The Kier molecular flexibility index (Phi) is 4.05. The number of hydrogen-bond donors (Lipinski definition) is 2. The monoisotopic (exact) mass is 318 g/mol. The van der Waals surface area contributed by atoms with Gasteiger partial charge in [-0.25, -0.2) is 14.5 Å². The summed E-state index contributed by atoms with van der Waals surface area (Å²) in [5, 5.41) is 5.23. The first-order chi connectivity index (χ1) is 11.1. The highest BCUT2D eigenvalue weighted by Crippen LogP contribution is 2.33. The van der Waals surface area contributed by atoms with E-state index in [0.717, 1.165) is 11.3 Å². The molecule has 5 amide bonds. The molecule has 2 fully saturated rings. The number of amides is 5. The molecule has 3 rings (SSSR count). The highest BCUT2D eigenvalue weighted by Gasteiger charge is 2.27. The fraction of sp³-hybridized carbons (Fsp3) is 0.400. The van der Waals surface area contributed by atoms with Gasteiger partial charge < -0.3 is 20.3 Å². The van der Waals surface area contributed by atoms with Crippen LogP contribution in [0.4, 0.5) is 21.0 Å². The lowest BCUT2D eigenvalue weighted by Crippen LogP contribution is -2.37. The smallest absolute Gasteiger partial charge is 0.330 e. The fourth-order valence-electron chi connectivity index (χ4n) is 2.74. The van der Waals surface area contributed by atoms with Crippen molar-refractivity contribution in [3.63, 3.8) is 0 Å². The third kappa shape index (κ3) is 2.92. The van der Waals surface area contributed by atoms with Crippen molar-refractivity contribution >= 4 is 29.3 Å². The number of rotatable bonds is 3. The Morgan fingerprint density at radius 1 is 1.30 bits per heavy atom. The number of ether oxygens (including phenoxy) is 1. The summed E-state index contributed by atoms with van der Waals surface area (Å²) < 4.78 is 5.34. The predicted molar refractivity (Wildman–Crippen MR) is 83.7 cm³/mol. The number of imide groups is 1. The first-order valence-electron chi connectivity index (χ1n) is 7.45. The summed E-state index contributed by atoms with van der Waals surface area (Å²) in [5.41, 5.74) is 1.19. The number of anilines is 2. The van der Waals surface area contributed by atoms with E-state index in [9.17, 15) is 14.4 Å². The molecule has 0 aromatic heterocycles. The number of nitrogens with zero attached hydrogens (tertiary/aromatic N) is 2. The van der Waals surface area contributed by atoms with Gasteiger partial charge in [0, 0.05) is 37.8 Å². The van der Waals surface area contributed by atoms with E-state index in [-0.39, 0.29) is 5.91 Å². The highest BCUT2D eigenvalue weighted by atomic mass is 16.5. The van der Waals surface area contributed by atoms with Crippen molar-refractivity contribution in [2.75, 3.05) is 37.0 Å². The van der Waals surface area contributed by atoms with Gasteiger partial charge in [-0.15, -0.1) is 0 Å².